The Labute approximate surface area is 170 Å². The minimum absolute atomic E-state index is 0.133. The van der Waals surface area contributed by atoms with Crippen LogP contribution in [0.5, 0.6) is 0 Å². The van der Waals surface area contributed by atoms with Gasteiger partial charge in [-0.3, -0.25) is 9.59 Å². The molecule has 2 amide bonds. The third kappa shape index (κ3) is 4.99. The zero-order valence-corrected chi connectivity index (χ0v) is 16.9. The van der Waals surface area contributed by atoms with Crippen molar-refractivity contribution in [2.24, 2.45) is 0 Å². The van der Waals surface area contributed by atoms with Gasteiger partial charge < -0.3 is 10.6 Å². The van der Waals surface area contributed by atoms with Gasteiger partial charge >= 0.3 is 0 Å². The van der Waals surface area contributed by atoms with Crippen molar-refractivity contribution in [1.82, 2.24) is 20.6 Å². The molecule has 0 fully saturated rings. The molecule has 2 N–H and O–H groups in total. The highest BCUT2D eigenvalue weighted by Gasteiger charge is 2.07. The molecule has 0 unspecified atom stereocenters. The minimum Gasteiger partial charge on any atom is -0.354 e. The highest BCUT2D eigenvalue weighted by atomic mass is 32.1. The van der Waals surface area contributed by atoms with Crippen molar-refractivity contribution < 1.29 is 9.59 Å². The Kier molecular flexibility index (Phi) is 6.46. The van der Waals surface area contributed by atoms with E-state index in [0.29, 0.717) is 9.75 Å². The Hall–Kier alpha value is -3.10. The number of carbonyl (C=O) groups is 2. The number of amides is 2. The van der Waals surface area contributed by atoms with Gasteiger partial charge in [-0.25, -0.2) is 9.97 Å². The Balaban J connectivity index is 1.70. The van der Waals surface area contributed by atoms with E-state index in [1.807, 2.05) is 48.6 Å². The molecule has 0 aliphatic carbocycles. The minimum atomic E-state index is -0.133. The molecular weight excluding hydrogens is 392 g/mol. The lowest BCUT2D eigenvalue weighted by atomic mass is 10.1. The van der Waals surface area contributed by atoms with Crippen LogP contribution in [0.1, 0.15) is 40.5 Å². The van der Waals surface area contributed by atoms with Gasteiger partial charge in [-0.15, -0.1) is 22.7 Å². The summed E-state index contributed by atoms with van der Waals surface area (Å²) in [5.74, 6) is -0.267. The molecule has 0 aliphatic heterocycles. The average Bonchev–Trinajstić information content (AvgIpc) is 3.39. The fourth-order valence-electron chi connectivity index (χ4n) is 2.29. The number of thiazole rings is 2. The van der Waals surface area contributed by atoms with Crippen molar-refractivity contribution in [3.63, 3.8) is 0 Å². The second kappa shape index (κ2) is 9.20. The summed E-state index contributed by atoms with van der Waals surface area (Å²) in [6, 6.07) is 7.99. The van der Waals surface area contributed by atoms with E-state index in [0.717, 1.165) is 21.1 Å². The van der Waals surface area contributed by atoms with E-state index in [9.17, 15) is 9.59 Å². The van der Waals surface area contributed by atoms with Gasteiger partial charge in [-0.05, 0) is 29.3 Å². The van der Waals surface area contributed by atoms with Gasteiger partial charge in [0, 0.05) is 14.1 Å². The maximum Gasteiger partial charge on any atom is 0.262 e. The SMILES string of the molecule is CNC(=O)c1cnc(/C=C/c2cccc(/C=C/c3ncc(C(=O)NC)s3)c2)s1. The van der Waals surface area contributed by atoms with Gasteiger partial charge in [0.15, 0.2) is 0 Å². The van der Waals surface area contributed by atoms with Gasteiger partial charge in [-0.2, -0.15) is 0 Å². The van der Waals surface area contributed by atoms with Gasteiger partial charge in [0.25, 0.3) is 11.8 Å². The van der Waals surface area contributed by atoms with Gasteiger partial charge in [0.05, 0.1) is 12.4 Å². The predicted molar refractivity (Wildman–Crippen MR) is 115 cm³/mol. The van der Waals surface area contributed by atoms with Crippen molar-refractivity contribution in [3.8, 4) is 0 Å². The number of rotatable bonds is 6. The van der Waals surface area contributed by atoms with Gasteiger partial charge in [0.1, 0.15) is 19.8 Å². The summed E-state index contributed by atoms with van der Waals surface area (Å²) in [4.78, 5) is 32.8. The maximum absolute atomic E-state index is 11.6. The highest BCUT2D eigenvalue weighted by Crippen LogP contribution is 2.18. The number of hydrogen-bond acceptors (Lipinski definition) is 6. The smallest absolute Gasteiger partial charge is 0.262 e. The zero-order chi connectivity index (χ0) is 19.9. The fraction of sp³-hybridized carbons (Fsp3) is 0.100. The van der Waals surface area contributed by atoms with Crippen molar-refractivity contribution in [2.45, 2.75) is 0 Å². The van der Waals surface area contributed by atoms with Crippen molar-refractivity contribution in [1.29, 1.82) is 0 Å². The van der Waals surface area contributed by atoms with E-state index in [-0.39, 0.29) is 11.8 Å². The molecule has 142 valence electrons. The van der Waals surface area contributed by atoms with E-state index in [1.54, 1.807) is 26.5 Å². The van der Waals surface area contributed by atoms with Crippen LogP contribution in [0.25, 0.3) is 24.3 Å². The first-order valence-corrected chi connectivity index (χ1v) is 10.0. The standard InChI is InChI=1S/C20H18N4O2S2/c1-21-19(25)15-11-23-17(27-15)8-6-13-4-3-5-14(10-13)7-9-18-24-12-16(28-18)20(26)22-2/h3-12H,1-2H3,(H,21,25)(H,22,26)/b8-6+,9-7+. The first-order valence-electron chi connectivity index (χ1n) is 8.41. The zero-order valence-electron chi connectivity index (χ0n) is 15.3. The lowest BCUT2D eigenvalue weighted by molar-refractivity contribution is 0.0958. The molecule has 3 aromatic rings. The van der Waals surface area contributed by atoms with E-state index in [4.69, 9.17) is 0 Å². The maximum atomic E-state index is 11.6. The monoisotopic (exact) mass is 410 g/mol. The number of nitrogens with one attached hydrogen (secondary N) is 2. The van der Waals surface area contributed by atoms with Crippen LogP contribution in [0.15, 0.2) is 36.7 Å². The molecule has 0 radical (unpaired) electrons. The number of nitrogens with zero attached hydrogens (tertiary/aromatic N) is 2. The van der Waals surface area contributed by atoms with E-state index < -0.39 is 0 Å². The first-order chi connectivity index (χ1) is 13.6. The van der Waals surface area contributed by atoms with Gasteiger partial charge in [0.2, 0.25) is 0 Å². The molecule has 0 spiro atoms. The van der Waals surface area contributed by atoms with Crippen LogP contribution >= 0.6 is 22.7 Å². The number of carbonyl (C=O) groups excluding carboxylic acids is 2. The number of hydrogen-bond donors (Lipinski definition) is 2. The molecular formula is C20H18N4O2S2. The summed E-state index contributed by atoms with van der Waals surface area (Å²) < 4.78 is 0. The molecule has 1 aromatic carbocycles. The molecule has 0 saturated heterocycles. The van der Waals surface area contributed by atoms with Crippen LogP contribution in [0, 0.1) is 0 Å². The third-order valence-corrected chi connectivity index (χ3v) is 5.62. The quantitative estimate of drug-likeness (QED) is 0.650. The van der Waals surface area contributed by atoms with Crippen molar-refractivity contribution >= 4 is 58.8 Å². The summed E-state index contributed by atoms with van der Waals surface area (Å²) in [6.07, 6.45) is 10.8. The van der Waals surface area contributed by atoms with E-state index in [2.05, 4.69) is 20.6 Å². The molecule has 8 heteroatoms. The fourth-order valence-corrected chi connectivity index (χ4v) is 3.82. The topological polar surface area (TPSA) is 84.0 Å². The van der Waals surface area contributed by atoms with Crippen LogP contribution < -0.4 is 10.6 Å². The largest absolute Gasteiger partial charge is 0.354 e. The molecule has 0 bridgehead atoms. The molecule has 3 rings (SSSR count). The predicted octanol–water partition coefficient (Wildman–Crippen LogP) is 3.66. The summed E-state index contributed by atoms with van der Waals surface area (Å²) in [6.45, 7) is 0. The Bertz CT molecular complexity index is 970. The first kappa shape index (κ1) is 19.7. The normalized spacial score (nSPS) is 11.2. The number of benzene rings is 1. The van der Waals surface area contributed by atoms with E-state index in [1.165, 1.54) is 22.7 Å². The Morgan fingerprint density at radius 3 is 1.71 bits per heavy atom. The Morgan fingerprint density at radius 2 is 1.29 bits per heavy atom. The lowest BCUT2D eigenvalue weighted by Crippen LogP contribution is -2.16. The van der Waals surface area contributed by atoms with Crippen LogP contribution in [0.4, 0.5) is 0 Å². The number of aromatic nitrogens is 2. The third-order valence-electron chi connectivity index (χ3n) is 3.70. The molecule has 2 aromatic heterocycles. The second-order valence-electron chi connectivity index (χ2n) is 5.62. The summed E-state index contributed by atoms with van der Waals surface area (Å²) >= 11 is 2.68. The van der Waals surface area contributed by atoms with E-state index >= 15 is 0 Å². The van der Waals surface area contributed by atoms with Crippen LogP contribution in [0.3, 0.4) is 0 Å². The average molecular weight is 411 g/mol. The van der Waals surface area contributed by atoms with Crippen LogP contribution in [-0.2, 0) is 0 Å². The van der Waals surface area contributed by atoms with Crippen LogP contribution in [0.2, 0.25) is 0 Å². The molecule has 2 heterocycles. The summed E-state index contributed by atoms with van der Waals surface area (Å²) in [5, 5.41) is 6.71. The van der Waals surface area contributed by atoms with Crippen molar-refractivity contribution in [2.75, 3.05) is 14.1 Å². The summed E-state index contributed by atoms with van der Waals surface area (Å²) in [7, 11) is 3.20. The lowest BCUT2D eigenvalue weighted by Gasteiger charge is -1.96. The second-order valence-corrected chi connectivity index (χ2v) is 7.74. The molecule has 0 atom stereocenters. The van der Waals surface area contributed by atoms with Gasteiger partial charge in [-0.1, -0.05) is 30.4 Å². The highest BCUT2D eigenvalue weighted by molar-refractivity contribution is 7.14. The summed E-state index contributed by atoms with van der Waals surface area (Å²) in [5.41, 5.74) is 2.04. The van der Waals surface area contributed by atoms with Crippen LogP contribution in [-0.4, -0.2) is 35.9 Å². The molecule has 28 heavy (non-hydrogen) atoms. The van der Waals surface area contributed by atoms with Crippen molar-refractivity contribution in [3.05, 3.63) is 67.6 Å². The molecule has 0 saturated carbocycles. The molecule has 6 nitrogen and oxygen atoms in total. The molecule has 0 aliphatic rings. The Morgan fingerprint density at radius 1 is 0.821 bits per heavy atom.